The Labute approximate surface area is 105 Å². The summed E-state index contributed by atoms with van der Waals surface area (Å²) in [6, 6.07) is 5.22. The van der Waals surface area contributed by atoms with E-state index in [4.69, 9.17) is 0 Å². The molecule has 2 rings (SSSR count). The predicted octanol–water partition coefficient (Wildman–Crippen LogP) is 2.08. The number of anilines is 2. The summed E-state index contributed by atoms with van der Waals surface area (Å²) < 4.78 is 0. The molecule has 0 saturated carbocycles. The maximum atomic E-state index is 12.1. The van der Waals surface area contributed by atoms with Crippen molar-refractivity contribution in [3.05, 3.63) is 47.9 Å². The lowest BCUT2D eigenvalue weighted by Crippen LogP contribution is -2.15. The van der Waals surface area contributed by atoms with Crippen LogP contribution in [0.3, 0.4) is 0 Å². The molecular formula is C13H14N4O. The first kappa shape index (κ1) is 12.0. The lowest BCUT2D eigenvalue weighted by molar-refractivity contribution is 0.102. The zero-order valence-electron chi connectivity index (χ0n) is 10.3. The van der Waals surface area contributed by atoms with Gasteiger partial charge in [0.1, 0.15) is 5.82 Å². The van der Waals surface area contributed by atoms with Crippen molar-refractivity contribution in [2.75, 3.05) is 17.7 Å². The van der Waals surface area contributed by atoms with Crippen LogP contribution in [-0.2, 0) is 0 Å². The third-order valence-corrected chi connectivity index (χ3v) is 2.56. The molecule has 2 heterocycles. The van der Waals surface area contributed by atoms with E-state index in [0.717, 1.165) is 11.3 Å². The number of hydrogen-bond donors (Lipinski definition) is 2. The molecule has 1 amide bonds. The molecule has 0 aliphatic carbocycles. The zero-order chi connectivity index (χ0) is 13.0. The highest BCUT2D eigenvalue weighted by molar-refractivity contribution is 6.07. The third-order valence-electron chi connectivity index (χ3n) is 2.56. The van der Waals surface area contributed by atoms with Crippen LogP contribution in [0.2, 0.25) is 0 Å². The van der Waals surface area contributed by atoms with E-state index in [0.29, 0.717) is 11.4 Å². The van der Waals surface area contributed by atoms with Crippen LogP contribution < -0.4 is 10.6 Å². The van der Waals surface area contributed by atoms with Gasteiger partial charge in [-0.3, -0.25) is 9.78 Å². The normalized spacial score (nSPS) is 9.89. The van der Waals surface area contributed by atoms with Gasteiger partial charge in [-0.15, -0.1) is 0 Å². The molecule has 0 aliphatic heterocycles. The fraction of sp³-hybridized carbons (Fsp3) is 0.154. The van der Waals surface area contributed by atoms with Crippen LogP contribution in [0.15, 0.2) is 36.8 Å². The van der Waals surface area contributed by atoms with Crippen molar-refractivity contribution in [3.63, 3.8) is 0 Å². The average Bonchev–Trinajstić information content (AvgIpc) is 2.41. The molecule has 2 N–H and O–H groups in total. The Balaban J connectivity index is 2.25. The molecule has 92 valence electrons. The van der Waals surface area contributed by atoms with Crippen LogP contribution in [0.1, 0.15) is 15.9 Å². The van der Waals surface area contributed by atoms with E-state index in [9.17, 15) is 4.79 Å². The van der Waals surface area contributed by atoms with Gasteiger partial charge in [0, 0.05) is 31.3 Å². The number of aryl methyl sites for hydroxylation is 1. The van der Waals surface area contributed by atoms with Gasteiger partial charge in [-0.1, -0.05) is 0 Å². The Morgan fingerprint density at radius 3 is 2.83 bits per heavy atom. The van der Waals surface area contributed by atoms with Gasteiger partial charge in [0.05, 0.1) is 5.56 Å². The van der Waals surface area contributed by atoms with Crippen LogP contribution in [0.4, 0.5) is 11.5 Å². The third kappa shape index (κ3) is 2.45. The van der Waals surface area contributed by atoms with Gasteiger partial charge in [0.15, 0.2) is 0 Å². The Kier molecular flexibility index (Phi) is 3.52. The standard InChI is InChI=1S/C13H14N4O/c1-9-8-15-7-5-11(9)17-13(18)10-4-3-6-16-12(10)14-2/h3-8H,1-2H3,(H,14,16)(H,15,17,18). The number of carbonyl (C=O) groups excluding carboxylic acids is 1. The SMILES string of the molecule is CNc1ncccc1C(=O)Nc1ccncc1C. The Bertz CT molecular complexity index is 568. The second-order valence-electron chi connectivity index (χ2n) is 3.79. The second kappa shape index (κ2) is 5.27. The molecule has 2 aromatic rings. The van der Waals surface area contributed by atoms with Crippen molar-refractivity contribution in [2.24, 2.45) is 0 Å². The largest absolute Gasteiger partial charge is 0.372 e. The summed E-state index contributed by atoms with van der Waals surface area (Å²) in [5, 5.41) is 5.73. The number of hydrogen-bond acceptors (Lipinski definition) is 4. The maximum absolute atomic E-state index is 12.1. The van der Waals surface area contributed by atoms with Crippen molar-refractivity contribution in [1.29, 1.82) is 0 Å². The average molecular weight is 242 g/mol. The van der Waals surface area contributed by atoms with Crippen LogP contribution >= 0.6 is 0 Å². The number of amides is 1. The molecule has 0 atom stereocenters. The first-order chi connectivity index (χ1) is 8.72. The monoisotopic (exact) mass is 242 g/mol. The molecule has 5 heteroatoms. The van der Waals surface area contributed by atoms with Crippen LogP contribution in [0.5, 0.6) is 0 Å². The van der Waals surface area contributed by atoms with E-state index >= 15 is 0 Å². The van der Waals surface area contributed by atoms with E-state index in [1.165, 1.54) is 0 Å². The number of aromatic nitrogens is 2. The van der Waals surface area contributed by atoms with Crippen molar-refractivity contribution in [3.8, 4) is 0 Å². The lowest BCUT2D eigenvalue weighted by atomic mass is 10.2. The van der Waals surface area contributed by atoms with Crippen LogP contribution in [0, 0.1) is 6.92 Å². The van der Waals surface area contributed by atoms with Crippen LogP contribution in [0.25, 0.3) is 0 Å². The van der Waals surface area contributed by atoms with Crippen LogP contribution in [-0.4, -0.2) is 22.9 Å². The highest BCUT2D eigenvalue weighted by Gasteiger charge is 2.12. The molecule has 0 aliphatic rings. The first-order valence-electron chi connectivity index (χ1n) is 5.57. The molecular weight excluding hydrogens is 228 g/mol. The minimum Gasteiger partial charge on any atom is -0.372 e. The van der Waals surface area contributed by atoms with Gasteiger partial charge < -0.3 is 10.6 Å². The lowest BCUT2D eigenvalue weighted by Gasteiger charge is -2.10. The van der Waals surface area contributed by atoms with Gasteiger partial charge >= 0.3 is 0 Å². The van der Waals surface area contributed by atoms with E-state index < -0.39 is 0 Å². The fourth-order valence-corrected chi connectivity index (χ4v) is 1.59. The van der Waals surface area contributed by atoms with Gasteiger partial charge in [-0.05, 0) is 30.7 Å². The van der Waals surface area contributed by atoms with Crippen molar-refractivity contribution in [2.45, 2.75) is 6.92 Å². The quantitative estimate of drug-likeness (QED) is 0.864. The molecule has 0 bridgehead atoms. The topological polar surface area (TPSA) is 66.9 Å². The molecule has 0 fully saturated rings. The summed E-state index contributed by atoms with van der Waals surface area (Å²) in [7, 11) is 1.73. The summed E-state index contributed by atoms with van der Waals surface area (Å²) >= 11 is 0. The smallest absolute Gasteiger partial charge is 0.259 e. The zero-order valence-corrected chi connectivity index (χ0v) is 10.3. The number of nitrogens with one attached hydrogen (secondary N) is 2. The number of carbonyl (C=O) groups is 1. The molecule has 0 spiro atoms. The summed E-state index contributed by atoms with van der Waals surface area (Å²) in [4.78, 5) is 20.2. The van der Waals surface area contributed by atoms with Crippen molar-refractivity contribution in [1.82, 2.24) is 9.97 Å². The van der Waals surface area contributed by atoms with Gasteiger partial charge in [-0.25, -0.2) is 4.98 Å². The fourth-order valence-electron chi connectivity index (χ4n) is 1.59. The summed E-state index contributed by atoms with van der Waals surface area (Å²) in [5.74, 6) is 0.364. The second-order valence-corrected chi connectivity index (χ2v) is 3.79. The molecule has 0 aromatic carbocycles. The molecule has 5 nitrogen and oxygen atoms in total. The van der Waals surface area contributed by atoms with Crippen molar-refractivity contribution >= 4 is 17.4 Å². The molecule has 0 unspecified atom stereocenters. The highest BCUT2D eigenvalue weighted by atomic mass is 16.1. The maximum Gasteiger partial charge on any atom is 0.259 e. The number of rotatable bonds is 3. The summed E-state index contributed by atoms with van der Waals surface area (Å²) in [5.41, 5.74) is 2.18. The Morgan fingerprint density at radius 1 is 1.28 bits per heavy atom. The predicted molar refractivity (Wildman–Crippen MR) is 70.7 cm³/mol. The number of nitrogens with zero attached hydrogens (tertiary/aromatic N) is 2. The number of pyridine rings is 2. The molecule has 0 saturated heterocycles. The first-order valence-corrected chi connectivity index (χ1v) is 5.57. The van der Waals surface area contributed by atoms with Crippen molar-refractivity contribution < 1.29 is 4.79 Å². The van der Waals surface area contributed by atoms with Gasteiger partial charge in [-0.2, -0.15) is 0 Å². The summed E-state index contributed by atoms with van der Waals surface area (Å²) in [6.45, 7) is 1.89. The van der Waals surface area contributed by atoms with Gasteiger partial charge in [0.25, 0.3) is 5.91 Å². The minimum absolute atomic E-state index is 0.193. The van der Waals surface area contributed by atoms with Gasteiger partial charge in [0.2, 0.25) is 0 Å². The molecule has 0 radical (unpaired) electrons. The highest BCUT2D eigenvalue weighted by Crippen LogP contribution is 2.16. The minimum atomic E-state index is -0.193. The van der Waals surface area contributed by atoms with E-state index in [2.05, 4.69) is 20.6 Å². The molecule has 18 heavy (non-hydrogen) atoms. The summed E-state index contributed by atoms with van der Waals surface area (Å²) in [6.07, 6.45) is 4.99. The van der Waals surface area contributed by atoms with E-state index in [1.807, 2.05) is 6.92 Å². The Morgan fingerprint density at radius 2 is 2.11 bits per heavy atom. The van der Waals surface area contributed by atoms with E-state index in [1.54, 1.807) is 43.8 Å². The Hall–Kier alpha value is -2.43. The molecule has 2 aromatic heterocycles. The van der Waals surface area contributed by atoms with E-state index in [-0.39, 0.29) is 5.91 Å².